The van der Waals surface area contributed by atoms with E-state index < -0.39 is 11.4 Å². The third-order valence-electron chi connectivity index (χ3n) is 3.63. The normalized spacial score (nSPS) is 27.6. The Bertz CT molecular complexity index is 413. The van der Waals surface area contributed by atoms with Gasteiger partial charge in [-0.15, -0.1) is 0 Å². The fourth-order valence-corrected chi connectivity index (χ4v) is 2.83. The summed E-state index contributed by atoms with van der Waals surface area (Å²) in [5.41, 5.74) is 0.0461. The van der Waals surface area contributed by atoms with Crippen molar-refractivity contribution in [1.29, 1.82) is 0 Å². The molecule has 0 aliphatic carbocycles. The molecule has 1 unspecified atom stereocenters. The topological polar surface area (TPSA) is 49.3 Å². The van der Waals surface area contributed by atoms with Crippen molar-refractivity contribution in [2.24, 2.45) is 0 Å². The second kappa shape index (κ2) is 4.15. The predicted octanol–water partition coefficient (Wildman–Crippen LogP) is 2.17. The molecule has 1 aliphatic heterocycles. The maximum Gasteiger partial charge on any atom is 0.314 e. The molecule has 0 aromatic heterocycles. The predicted molar refractivity (Wildman–Crippen MR) is 67.1 cm³/mol. The van der Waals surface area contributed by atoms with Crippen molar-refractivity contribution < 1.29 is 9.90 Å². The van der Waals surface area contributed by atoms with Gasteiger partial charge < -0.3 is 10.4 Å². The van der Waals surface area contributed by atoms with Crippen molar-refractivity contribution in [1.82, 2.24) is 5.32 Å². The second-order valence-electron chi connectivity index (χ2n) is 5.49. The summed E-state index contributed by atoms with van der Waals surface area (Å²) in [5.74, 6) is -0.710. The number of carboxylic acids is 1. The lowest BCUT2D eigenvalue weighted by atomic mass is 9.67. The van der Waals surface area contributed by atoms with Crippen LogP contribution < -0.4 is 5.32 Å². The van der Waals surface area contributed by atoms with E-state index in [0.717, 1.165) is 12.1 Å². The number of hydrogen-bond donors (Lipinski definition) is 2. The minimum absolute atomic E-state index is 0.132. The van der Waals surface area contributed by atoms with Gasteiger partial charge >= 0.3 is 5.97 Å². The van der Waals surface area contributed by atoms with Gasteiger partial charge in [-0.2, -0.15) is 0 Å². The Balaban J connectivity index is 2.44. The van der Waals surface area contributed by atoms with E-state index in [1.807, 2.05) is 30.3 Å². The standard InChI is InChI=1S/C14H19NO2/c1-13(2)10-14(12(16)17,8-9-15-13)11-6-4-3-5-7-11/h3-7,15H,8-10H2,1-2H3,(H,16,17). The Labute approximate surface area is 102 Å². The van der Waals surface area contributed by atoms with Crippen LogP contribution in [0.3, 0.4) is 0 Å². The molecule has 0 radical (unpaired) electrons. The van der Waals surface area contributed by atoms with Crippen LogP contribution in [0, 0.1) is 0 Å². The first-order valence-electron chi connectivity index (χ1n) is 6.00. The van der Waals surface area contributed by atoms with Gasteiger partial charge in [-0.25, -0.2) is 0 Å². The summed E-state index contributed by atoms with van der Waals surface area (Å²) in [6, 6.07) is 9.60. The van der Waals surface area contributed by atoms with Gasteiger partial charge in [0.2, 0.25) is 0 Å². The third kappa shape index (κ3) is 2.20. The highest BCUT2D eigenvalue weighted by molar-refractivity contribution is 5.81. The summed E-state index contributed by atoms with van der Waals surface area (Å²) in [6.07, 6.45) is 1.27. The first kappa shape index (κ1) is 12.1. The maximum absolute atomic E-state index is 11.7. The monoisotopic (exact) mass is 233 g/mol. The fourth-order valence-electron chi connectivity index (χ4n) is 2.83. The molecule has 1 atom stereocenters. The van der Waals surface area contributed by atoms with E-state index in [-0.39, 0.29) is 5.54 Å². The molecule has 2 N–H and O–H groups in total. The van der Waals surface area contributed by atoms with E-state index in [0.29, 0.717) is 12.8 Å². The molecule has 1 saturated heterocycles. The highest BCUT2D eigenvalue weighted by atomic mass is 16.4. The van der Waals surface area contributed by atoms with Gasteiger partial charge in [0, 0.05) is 5.54 Å². The lowest BCUT2D eigenvalue weighted by Crippen LogP contribution is -2.55. The highest BCUT2D eigenvalue weighted by Gasteiger charge is 2.46. The average molecular weight is 233 g/mol. The number of nitrogens with one attached hydrogen (secondary N) is 1. The number of carboxylic acid groups (broad SMARTS) is 1. The van der Waals surface area contributed by atoms with Crippen molar-refractivity contribution in [3.63, 3.8) is 0 Å². The molecule has 92 valence electrons. The van der Waals surface area contributed by atoms with Gasteiger partial charge in [0.15, 0.2) is 0 Å². The van der Waals surface area contributed by atoms with Gasteiger partial charge in [-0.05, 0) is 38.8 Å². The van der Waals surface area contributed by atoms with Crippen molar-refractivity contribution in [2.75, 3.05) is 6.54 Å². The van der Waals surface area contributed by atoms with E-state index in [4.69, 9.17) is 0 Å². The first-order valence-corrected chi connectivity index (χ1v) is 6.00. The number of rotatable bonds is 2. The minimum Gasteiger partial charge on any atom is -0.481 e. The van der Waals surface area contributed by atoms with Gasteiger partial charge in [0.05, 0.1) is 5.41 Å². The summed E-state index contributed by atoms with van der Waals surface area (Å²) < 4.78 is 0. The zero-order chi connectivity index (χ0) is 12.5. The van der Waals surface area contributed by atoms with Crippen LogP contribution in [-0.2, 0) is 10.2 Å². The Kier molecular flexibility index (Phi) is 2.96. The van der Waals surface area contributed by atoms with Gasteiger partial charge in [-0.3, -0.25) is 4.79 Å². The fraction of sp³-hybridized carbons (Fsp3) is 0.500. The molecule has 1 aromatic rings. The molecule has 0 saturated carbocycles. The van der Waals surface area contributed by atoms with Crippen molar-refractivity contribution in [3.05, 3.63) is 35.9 Å². The van der Waals surface area contributed by atoms with Gasteiger partial charge in [0.1, 0.15) is 0 Å². The molecule has 3 nitrogen and oxygen atoms in total. The zero-order valence-electron chi connectivity index (χ0n) is 10.4. The van der Waals surface area contributed by atoms with Crippen LogP contribution in [0.4, 0.5) is 0 Å². The summed E-state index contributed by atoms with van der Waals surface area (Å²) in [4.78, 5) is 11.7. The molecule has 1 aromatic carbocycles. The van der Waals surface area contributed by atoms with E-state index in [2.05, 4.69) is 19.2 Å². The molecular formula is C14H19NO2. The largest absolute Gasteiger partial charge is 0.481 e. The van der Waals surface area contributed by atoms with Crippen LogP contribution in [-0.4, -0.2) is 23.2 Å². The Morgan fingerprint density at radius 1 is 1.29 bits per heavy atom. The van der Waals surface area contributed by atoms with E-state index in [9.17, 15) is 9.90 Å². The van der Waals surface area contributed by atoms with Crippen LogP contribution >= 0.6 is 0 Å². The smallest absolute Gasteiger partial charge is 0.314 e. The molecular weight excluding hydrogens is 214 g/mol. The van der Waals surface area contributed by atoms with Crippen molar-refractivity contribution in [3.8, 4) is 0 Å². The van der Waals surface area contributed by atoms with Crippen LogP contribution in [0.2, 0.25) is 0 Å². The summed E-state index contributed by atoms with van der Waals surface area (Å²) in [5, 5.41) is 13.0. The van der Waals surface area contributed by atoms with E-state index in [1.165, 1.54) is 0 Å². The molecule has 2 rings (SSSR count). The van der Waals surface area contributed by atoms with Crippen LogP contribution in [0.15, 0.2) is 30.3 Å². The second-order valence-corrected chi connectivity index (χ2v) is 5.49. The zero-order valence-corrected chi connectivity index (χ0v) is 10.4. The minimum atomic E-state index is -0.740. The summed E-state index contributed by atoms with van der Waals surface area (Å²) in [6.45, 7) is 4.87. The molecule has 0 spiro atoms. The van der Waals surface area contributed by atoms with Crippen molar-refractivity contribution >= 4 is 5.97 Å². The first-order chi connectivity index (χ1) is 7.96. The molecule has 0 amide bonds. The summed E-state index contributed by atoms with van der Waals surface area (Å²) >= 11 is 0. The highest BCUT2D eigenvalue weighted by Crippen LogP contribution is 2.39. The van der Waals surface area contributed by atoms with E-state index >= 15 is 0 Å². The number of piperidine rings is 1. The summed E-state index contributed by atoms with van der Waals surface area (Å²) in [7, 11) is 0. The van der Waals surface area contributed by atoms with Crippen LogP contribution in [0.5, 0.6) is 0 Å². The average Bonchev–Trinajstić information content (AvgIpc) is 2.28. The molecule has 1 heterocycles. The number of benzene rings is 1. The van der Waals surface area contributed by atoms with E-state index in [1.54, 1.807) is 0 Å². The molecule has 0 bridgehead atoms. The number of hydrogen-bond acceptors (Lipinski definition) is 2. The Morgan fingerprint density at radius 3 is 2.47 bits per heavy atom. The third-order valence-corrected chi connectivity index (χ3v) is 3.63. The maximum atomic E-state index is 11.7. The Hall–Kier alpha value is -1.35. The molecule has 17 heavy (non-hydrogen) atoms. The lowest BCUT2D eigenvalue weighted by Gasteiger charge is -2.43. The van der Waals surface area contributed by atoms with Crippen LogP contribution in [0.1, 0.15) is 32.3 Å². The van der Waals surface area contributed by atoms with Crippen LogP contribution in [0.25, 0.3) is 0 Å². The lowest BCUT2D eigenvalue weighted by molar-refractivity contribution is -0.146. The quantitative estimate of drug-likeness (QED) is 0.823. The van der Waals surface area contributed by atoms with Gasteiger partial charge in [-0.1, -0.05) is 30.3 Å². The van der Waals surface area contributed by atoms with Crippen molar-refractivity contribution in [2.45, 2.75) is 37.6 Å². The van der Waals surface area contributed by atoms with Gasteiger partial charge in [0.25, 0.3) is 0 Å². The number of aliphatic carboxylic acids is 1. The molecule has 1 aliphatic rings. The molecule has 1 fully saturated rings. The molecule has 3 heteroatoms. The SMILES string of the molecule is CC1(C)CC(C(=O)O)(c2ccccc2)CCN1. The number of carbonyl (C=O) groups is 1. The Morgan fingerprint density at radius 2 is 1.94 bits per heavy atom.